The van der Waals surface area contributed by atoms with Crippen LogP contribution in [0.3, 0.4) is 0 Å². The van der Waals surface area contributed by atoms with Gasteiger partial charge in [0.25, 0.3) is 0 Å². The number of nitrogens with zero attached hydrogens (tertiary/aromatic N) is 2. The summed E-state index contributed by atoms with van der Waals surface area (Å²) in [6.07, 6.45) is 10.2. The van der Waals surface area contributed by atoms with E-state index in [0.717, 1.165) is 12.3 Å². The van der Waals surface area contributed by atoms with E-state index in [4.69, 9.17) is 0 Å². The molecular weight excluding hydrogens is 256 g/mol. The van der Waals surface area contributed by atoms with Crippen LogP contribution < -0.4 is 0 Å². The topological polar surface area (TPSA) is 27.0 Å². The molecule has 2 aliphatic rings. The minimum absolute atomic E-state index is 0.259. The SMILES string of the molecule is CCC(C)(C)C1CCC(C#N)C(N2CCCCCC2C)C1. The highest BCUT2D eigenvalue weighted by Crippen LogP contribution is 2.44. The number of hydrogen-bond acceptors (Lipinski definition) is 2. The fourth-order valence-corrected chi connectivity index (χ4v) is 4.45. The third kappa shape index (κ3) is 3.81. The van der Waals surface area contributed by atoms with Gasteiger partial charge in [0.2, 0.25) is 0 Å². The Labute approximate surface area is 131 Å². The molecule has 0 bridgehead atoms. The largest absolute Gasteiger partial charge is 0.296 e. The van der Waals surface area contributed by atoms with Gasteiger partial charge in [-0.3, -0.25) is 4.90 Å². The maximum absolute atomic E-state index is 9.62. The summed E-state index contributed by atoms with van der Waals surface area (Å²) in [5.41, 5.74) is 0.424. The van der Waals surface area contributed by atoms with E-state index in [2.05, 4.69) is 38.7 Å². The van der Waals surface area contributed by atoms with Gasteiger partial charge in [0.15, 0.2) is 0 Å². The molecule has 4 unspecified atom stereocenters. The molecule has 120 valence electrons. The molecule has 0 spiro atoms. The lowest BCUT2D eigenvalue weighted by atomic mass is 9.65. The molecule has 1 saturated carbocycles. The highest BCUT2D eigenvalue weighted by atomic mass is 15.2. The Morgan fingerprint density at radius 1 is 1.14 bits per heavy atom. The molecule has 0 aromatic carbocycles. The van der Waals surface area contributed by atoms with Gasteiger partial charge in [0, 0.05) is 12.1 Å². The Morgan fingerprint density at radius 3 is 2.57 bits per heavy atom. The van der Waals surface area contributed by atoms with Crippen LogP contribution in [0.15, 0.2) is 0 Å². The lowest BCUT2D eigenvalue weighted by molar-refractivity contribution is 0.0331. The molecular formula is C19H34N2. The maximum atomic E-state index is 9.62. The minimum atomic E-state index is 0.259. The van der Waals surface area contributed by atoms with Crippen molar-refractivity contribution in [2.24, 2.45) is 17.3 Å². The summed E-state index contributed by atoms with van der Waals surface area (Å²) in [7, 11) is 0. The van der Waals surface area contributed by atoms with Gasteiger partial charge in [-0.1, -0.05) is 40.0 Å². The quantitative estimate of drug-likeness (QED) is 0.731. The van der Waals surface area contributed by atoms with Gasteiger partial charge in [-0.15, -0.1) is 0 Å². The monoisotopic (exact) mass is 290 g/mol. The van der Waals surface area contributed by atoms with Crippen molar-refractivity contribution in [3.8, 4) is 6.07 Å². The van der Waals surface area contributed by atoms with E-state index >= 15 is 0 Å². The predicted octanol–water partition coefficient (Wildman–Crippen LogP) is 5.00. The van der Waals surface area contributed by atoms with Gasteiger partial charge in [0.1, 0.15) is 0 Å². The second-order valence-electron chi connectivity index (χ2n) is 8.09. The van der Waals surface area contributed by atoms with E-state index in [1.54, 1.807) is 0 Å². The number of likely N-dealkylation sites (tertiary alicyclic amines) is 1. The van der Waals surface area contributed by atoms with Gasteiger partial charge in [0.05, 0.1) is 12.0 Å². The van der Waals surface area contributed by atoms with Crippen LogP contribution in [0.4, 0.5) is 0 Å². The van der Waals surface area contributed by atoms with E-state index in [1.807, 2.05) is 0 Å². The van der Waals surface area contributed by atoms with E-state index in [1.165, 1.54) is 51.5 Å². The fourth-order valence-electron chi connectivity index (χ4n) is 4.45. The normalized spacial score (nSPS) is 36.0. The van der Waals surface area contributed by atoms with Crippen molar-refractivity contribution in [1.29, 1.82) is 5.26 Å². The molecule has 0 radical (unpaired) electrons. The third-order valence-corrected chi connectivity index (χ3v) is 6.53. The van der Waals surface area contributed by atoms with Crippen LogP contribution in [0.1, 0.15) is 79.1 Å². The number of rotatable bonds is 3. The van der Waals surface area contributed by atoms with Crippen molar-refractivity contribution < 1.29 is 0 Å². The van der Waals surface area contributed by atoms with Crippen LogP contribution in [0.5, 0.6) is 0 Å². The zero-order chi connectivity index (χ0) is 15.5. The lowest BCUT2D eigenvalue weighted by Crippen LogP contribution is -2.49. The molecule has 0 N–H and O–H groups in total. The van der Waals surface area contributed by atoms with Crippen LogP contribution in [-0.2, 0) is 0 Å². The molecule has 1 aliphatic heterocycles. The van der Waals surface area contributed by atoms with Crippen LogP contribution in [0.2, 0.25) is 0 Å². The van der Waals surface area contributed by atoms with E-state index in [0.29, 0.717) is 17.5 Å². The molecule has 1 saturated heterocycles. The fraction of sp³-hybridized carbons (Fsp3) is 0.947. The van der Waals surface area contributed by atoms with Gasteiger partial charge in [-0.05, 0) is 56.9 Å². The second kappa shape index (κ2) is 7.14. The highest BCUT2D eigenvalue weighted by molar-refractivity contribution is 5.01. The van der Waals surface area contributed by atoms with Crippen molar-refractivity contribution in [3.63, 3.8) is 0 Å². The van der Waals surface area contributed by atoms with Crippen molar-refractivity contribution in [2.45, 2.75) is 91.1 Å². The first-order valence-electron chi connectivity index (χ1n) is 9.15. The smallest absolute Gasteiger partial charge is 0.0672 e. The first-order valence-corrected chi connectivity index (χ1v) is 9.15. The van der Waals surface area contributed by atoms with Crippen molar-refractivity contribution >= 4 is 0 Å². The summed E-state index contributed by atoms with van der Waals surface area (Å²) in [5, 5.41) is 9.62. The van der Waals surface area contributed by atoms with E-state index in [9.17, 15) is 5.26 Å². The average molecular weight is 290 g/mol. The van der Waals surface area contributed by atoms with Crippen molar-refractivity contribution in [2.75, 3.05) is 6.54 Å². The summed E-state index contributed by atoms with van der Waals surface area (Å²) in [4.78, 5) is 2.71. The lowest BCUT2D eigenvalue weighted by Gasteiger charge is -2.46. The Balaban J connectivity index is 2.14. The number of hydrogen-bond donors (Lipinski definition) is 0. The molecule has 0 amide bonds. The molecule has 2 fully saturated rings. The molecule has 1 heterocycles. The predicted molar refractivity (Wildman–Crippen MR) is 88.9 cm³/mol. The molecule has 2 rings (SSSR count). The van der Waals surface area contributed by atoms with Gasteiger partial charge in [-0.25, -0.2) is 0 Å². The Bertz CT molecular complexity index is 368. The minimum Gasteiger partial charge on any atom is -0.296 e. The van der Waals surface area contributed by atoms with Crippen molar-refractivity contribution in [3.05, 3.63) is 0 Å². The molecule has 1 aliphatic carbocycles. The average Bonchev–Trinajstić information content (AvgIpc) is 2.71. The molecule has 2 nitrogen and oxygen atoms in total. The molecule has 2 heteroatoms. The van der Waals surface area contributed by atoms with Crippen molar-refractivity contribution in [1.82, 2.24) is 4.90 Å². The molecule has 21 heavy (non-hydrogen) atoms. The van der Waals surface area contributed by atoms with Gasteiger partial charge in [-0.2, -0.15) is 5.26 Å². The van der Waals surface area contributed by atoms with Crippen LogP contribution in [0, 0.1) is 28.6 Å². The molecule has 0 aromatic rings. The maximum Gasteiger partial charge on any atom is 0.0672 e. The zero-order valence-corrected chi connectivity index (χ0v) is 14.6. The highest BCUT2D eigenvalue weighted by Gasteiger charge is 2.40. The van der Waals surface area contributed by atoms with Crippen LogP contribution >= 0.6 is 0 Å². The summed E-state index contributed by atoms with van der Waals surface area (Å²) >= 11 is 0. The van der Waals surface area contributed by atoms with Gasteiger partial charge >= 0.3 is 0 Å². The Morgan fingerprint density at radius 2 is 1.90 bits per heavy atom. The van der Waals surface area contributed by atoms with Gasteiger partial charge < -0.3 is 0 Å². The number of nitriles is 1. The Hall–Kier alpha value is -0.550. The summed E-state index contributed by atoms with van der Waals surface area (Å²) < 4.78 is 0. The van der Waals surface area contributed by atoms with Crippen LogP contribution in [-0.4, -0.2) is 23.5 Å². The third-order valence-electron chi connectivity index (χ3n) is 6.53. The standard InChI is InChI=1S/C19H34N2/c1-5-19(3,4)17-11-10-16(14-20)18(13-17)21-12-8-6-7-9-15(21)2/h15-18H,5-13H2,1-4H3. The molecule has 0 aromatic heterocycles. The Kier molecular flexibility index (Phi) is 5.72. The van der Waals surface area contributed by atoms with E-state index < -0.39 is 0 Å². The first-order chi connectivity index (χ1) is 9.99. The zero-order valence-electron chi connectivity index (χ0n) is 14.6. The first kappa shape index (κ1) is 16.8. The van der Waals surface area contributed by atoms with E-state index in [-0.39, 0.29) is 5.92 Å². The van der Waals surface area contributed by atoms with Crippen LogP contribution in [0.25, 0.3) is 0 Å². The summed E-state index contributed by atoms with van der Waals surface area (Å²) in [6.45, 7) is 10.8. The summed E-state index contributed by atoms with van der Waals surface area (Å²) in [5.74, 6) is 1.04. The second-order valence-corrected chi connectivity index (χ2v) is 8.09. The summed E-state index contributed by atoms with van der Waals surface area (Å²) in [6, 6.07) is 3.81. The molecule has 4 atom stereocenters.